The molecule has 1 saturated heterocycles. The van der Waals surface area contributed by atoms with Crippen molar-refractivity contribution in [2.75, 3.05) is 18.4 Å². The highest BCUT2D eigenvalue weighted by Gasteiger charge is 2.34. The number of hydrogen-bond acceptors (Lipinski definition) is 4. The number of carbonyl (C=O) groups excluding carboxylic acids is 1. The second-order valence-corrected chi connectivity index (χ2v) is 9.46. The normalized spacial score (nSPS) is 18.7. The van der Waals surface area contributed by atoms with E-state index in [1.807, 2.05) is 35.2 Å². The first-order valence-electron chi connectivity index (χ1n) is 8.70. The zero-order chi connectivity index (χ0) is 19.0. The first-order chi connectivity index (χ1) is 12.9. The minimum absolute atomic E-state index is 0.0113. The lowest BCUT2D eigenvalue weighted by atomic mass is 9.95. The van der Waals surface area contributed by atoms with Crippen LogP contribution in [0.25, 0.3) is 0 Å². The van der Waals surface area contributed by atoms with E-state index in [-0.39, 0.29) is 16.7 Å². The molecule has 2 aliphatic rings. The van der Waals surface area contributed by atoms with Crippen molar-refractivity contribution in [1.29, 1.82) is 0 Å². The Hall–Kier alpha value is -1.94. The largest absolute Gasteiger partial charge is 0.355 e. The number of piperidine rings is 1. The molecule has 1 amide bonds. The molecule has 27 heavy (non-hydrogen) atoms. The van der Waals surface area contributed by atoms with Gasteiger partial charge in [-0.25, -0.2) is 0 Å². The molecule has 0 atom stereocenters. The van der Waals surface area contributed by atoms with Crippen LogP contribution in [-0.4, -0.2) is 38.2 Å². The number of nitrogens with one attached hydrogen (secondary N) is 1. The summed E-state index contributed by atoms with van der Waals surface area (Å²) >= 11 is 2.22. The molecule has 1 fully saturated rings. The maximum Gasteiger partial charge on any atom is 0.285 e. The second kappa shape index (κ2) is 7.23. The third kappa shape index (κ3) is 3.73. The Labute approximate surface area is 171 Å². The molecule has 0 aromatic heterocycles. The summed E-state index contributed by atoms with van der Waals surface area (Å²) in [4.78, 5) is 14.8. The number of fused-ring (bicyclic) bond motifs is 1. The molecular formula is C19H18IN3O3S. The van der Waals surface area contributed by atoms with Crippen molar-refractivity contribution in [2.45, 2.75) is 17.7 Å². The topological polar surface area (TPSA) is 78.8 Å². The van der Waals surface area contributed by atoms with Crippen LogP contribution in [-0.2, 0) is 14.8 Å². The van der Waals surface area contributed by atoms with Gasteiger partial charge in [-0.15, -0.1) is 4.40 Å². The van der Waals surface area contributed by atoms with E-state index in [1.54, 1.807) is 18.2 Å². The third-order valence-electron chi connectivity index (χ3n) is 4.89. The minimum Gasteiger partial charge on any atom is -0.355 e. The van der Waals surface area contributed by atoms with Crippen LogP contribution in [0.1, 0.15) is 18.4 Å². The Kier molecular flexibility index (Phi) is 4.94. The van der Waals surface area contributed by atoms with Crippen molar-refractivity contribution in [3.8, 4) is 0 Å². The average Bonchev–Trinajstić information content (AvgIpc) is 2.95. The zero-order valence-electron chi connectivity index (χ0n) is 14.4. The summed E-state index contributed by atoms with van der Waals surface area (Å²) in [5.41, 5.74) is 1.45. The van der Waals surface area contributed by atoms with Crippen LogP contribution in [0.3, 0.4) is 0 Å². The molecule has 6 nitrogen and oxygen atoms in total. The van der Waals surface area contributed by atoms with Crippen LogP contribution in [0, 0.1) is 9.49 Å². The van der Waals surface area contributed by atoms with Gasteiger partial charge in [0.25, 0.3) is 10.0 Å². The SMILES string of the molecule is O=C(Nc1ccc(I)cc1)C1CCN(C2=NS(=O)(=O)c3ccccc32)CC1. The molecular weight excluding hydrogens is 477 g/mol. The Morgan fingerprint density at radius 3 is 2.44 bits per heavy atom. The summed E-state index contributed by atoms with van der Waals surface area (Å²) in [6.07, 6.45) is 1.33. The van der Waals surface area contributed by atoms with Crippen LogP contribution in [0.2, 0.25) is 0 Å². The van der Waals surface area contributed by atoms with E-state index in [4.69, 9.17) is 0 Å². The van der Waals surface area contributed by atoms with Gasteiger partial charge in [-0.3, -0.25) is 4.79 Å². The number of amidine groups is 1. The Morgan fingerprint density at radius 1 is 1.07 bits per heavy atom. The lowest BCUT2D eigenvalue weighted by Crippen LogP contribution is -2.41. The quantitative estimate of drug-likeness (QED) is 0.650. The van der Waals surface area contributed by atoms with Crippen molar-refractivity contribution >= 4 is 50.0 Å². The maximum atomic E-state index is 12.5. The van der Waals surface area contributed by atoms with Crippen LogP contribution >= 0.6 is 22.6 Å². The number of anilines is 1. The predicted octanol–water partition coefficient (Wildman–Crippen LogP) is 3.09. The highest BCUT2D eigenvalue weighted by Crippen LogP contribution is 2.30. The first kappa shape index (κ1) is 18.4. The molecule has 0 unspecified atom stereocenters. The van der Waals surface area contributed by atoms with Crippen molar-refractivity contribution < 1.29 is 13.2 Å². The van der Waals surface area contributed by atoms with E-state index in [1.165, 1.54) is 0 Å². The molecule has 8 heteroatoms. The van der Waals surface area contributed by atoms with Crippen LogP contribution in [0.5, 0.6) is 0 Å². The lowest BCUT2D eigenvalue weighted by molar-refractivity contribution is -0.120. The van der Waals surface area contributed by atoms with E-state index in [9.17, 15) is 13.2 Å². The van der Waals surface area contributed by atoms with Gasteiger partial charge in [-0.05, 0) is 71.8 Å². The standard InChI is InChI=1S/C19H18IN3O3S/c20-14-5-7-15(8-6-14)21-19(24)13-9-11-23(12-10-13)18-16-3-1-2-4-17(16)27(25,26)22-18/h1-8,13H,9-12H2,(H,21,24). The number of hydrogen-bond donors (Lipinski definition) is 1. The van der Waals surface area contributed by atoms with Crippen molar-refractivity contribution in [3.05, 3.63) is 57.7 Å². The van der Waals surface area contributed by atoms with Gasteiger partial charge in [-0.1, -0.05) is 12.1 Å². The predicted molar refractivity (Wildman–Crippen MR) is 112 cm³/mol. The molecule has 0 spiro atoms. The molecule has 140 valence electrons. The van der Waals surface area contributed by atoms with Crippen LogP contribution in [0.4, 0.5) is 5.69 Å². The van der Waals surface area contributed by atoms with E-state index in [2.05, 4.69) is 32.3 Å². The molecule has 0 bridgehead atoms. The Morgan fingerprint density at radius 2 is 1.74 bits per heavy atom. The molecule has 0 aliphatic carbocycles. The summed E-state index contributed by atoms with van der Waals surface area (Å²) in [7, 11) is -3.61. The number of likely N-dealkylation sites (tertiary alicyclic amines) is 1. The van der Waals surface area contributed by atoms with E-state index in [0.29, 0.717) is 37.3 Å². The zero-order valence-corrected chi connectivity index (χ0v) is 17.4. The van der Waals surface area contributed by atoms with Crippen LogP contribution in [0.15, 0.2) is 57.8 Å². The van der Waals surface area contributed by atoms with Crippen LogP contribution < -0.4 is 5.32 Å². The number of amides is 1. The summed E-state index contributed by atoms with van der Waals surface area (Å²) in [6.45, 7) is 1.21. The van der Waals surface area contributed by atoms with Gasteiger partial charge >= 0.3 is 0 Å². The van der Waals surface area contributed by atoms with Gasteiger partial charge < -0.3 is 10.2 Å². The number of nitrogens with zero attached hydrogens (tertiary/aromatic N) is 2. The molecule has 4 rings (SSSR count). The smallest absolute Gasteiger partial charge is 0.285 e. The van der Waals surface area contributed by atoms with E-state index < -0.39 is 10.0 Å². The maximum absolute atomic E-state index is 12.5. The average molecular weight is 495 g/mol. The summed E-state index contributed by atoms with van der Waals surface area (Å²) in [5.74, 6) is 0.425. The van der Waals surface area contributed by atoms with Gasteiger partial charge in [0.1, 0.15) is 4.90 Å². The van der Waals surface area contributed by atoms with Gasteiger partial charge in [0.15, 0.2) is 5.84 Å². The van der Waals surface area contributed by atoms with Crippen molar-refractivity contribution in [1.82, 2.24) is 4.90 Å². The first-order valence-corrected chi connectivity index (χ1v) is 11.2. The van der Waals surface area contributed by atoms with Gasteiger partial charge in [0, 0.05) is 33.8 Å². The lowest BCUT2D eigenvalue weighted by Gasteiger charge is -2.32. The second-order valence-electron chi connectivity index (χ2n) is 6.64. The highest BCUT2D eigenvalue weighted by molar-refractivity contribution is 14.1. The third-order valence-corrected chi connectivity index (χ3v) is 6.93. The molecule has 2 heterocycles. The Bertz CT molecular complexity index is 1010. The molecule has 0 saturated carbocycles. The van der Waals surface area contributed by atoms with E-state index in [0.717, 1.165) is 9.26 Å². The number of benzene rings is 2. The molecule has 2 aliphatic heterocycles. The number of halogens is 1. The van der Waals surface area contributed by atoms with Gasteiger partial charge in [0.05, 0.1) is 0 Å². The molecule has 0 radical (unpaired) electrons. The number of rotatable bonds is 2. The summed E-state index contributed by atoms with van der Waals surface area (Å²) in [6, 6.07) is 14.6. The van der Waals surface area contributed by atoms with Gasteiger partial charge in [-0.2, -0.15) is 8.42 Å². The molecule has 2 aromatic carbocycles. The molecule has 1 N–H and O–H groups in total. The molecule has 2 aromatic rings. The van der Waals surface area contributed by atoms with Crippen molar-refractivity contribution in [3.63, 3.8) is 0 Å². The van der Waals surface area contributed by atoms with Gasteiger partial charge in [0.2, 0.25) is 5.91 Å². The summed E-state index contributed by atoms with van der Waals surface area (Å²) in [5, 5.41) is 2.97. The highest BCUT2D eigenvalue weighted by atomic mass is 127. The fourth-order valence-electron chi connectivity index (χ4n) is 3.45. The fourth-order valence-corrected chi connectivity index (χ4v) is 5.03. The van der Waals surface area contributed by atoms with Crippen molar-refractivity contribution in [2.24, 2.45) is 10.3 Å². The minimum atomic E-state index is -3.61. The monoisotopic (exact) mass is 495 g/mol. The fraction of sp³-hybridized carbons (Fsp3) is 0.263. The summed E-state index contributed by atoms with van der Waals surface area (Å²) < 4.78 is 29.5. The Balaban J connectivity index is 1.42. The van der Waals surface area contributed by atoms with E-state index >= 15 is 0 Å². The number of sulfonamides is 1. The number of carbonyl (C=O) groups is 1.